The Morgan fingerprint density at radius 3 is 2.11 bits per heavy atom. The van der Waals surface area contributed by atoms with E-state index in [4.69, 9.17) is 0 Å². The van der Waals surface area contributed by atoms with Crippen LogP contribution < -0.4 is 0 Å². The summed E-state index contributed by atoms with van der Waals surface area (Å²) in [5.74, 6) is 0.431. The molecule has 0 aliphatic rings. The molecule has 0 bridgehead atoms. The highest BCUT2D eigenvalue weighted by Gasteiger charge is 2.14. The first kappa shape index (κ1) is 15.2. The molecule has 0 aliphatic heterocycles. The van der Waals surface area contributed by atoms with Crippen LogP contribution in [-0.4, -0.2) is 46.3 Å². The Bertz CT molecular complexity index is 470. The summed E-state index contributed by atoms with van der Waals surface area (Å²) >= 11 is 0. The smallest absolute Gasteiger partial charge is 0.154 e. The van der Waals surface area contributed by atoms with Crippen molar-refractivity contribution in [3.05, 3.63) is 35.4 Å². The zero-order valence-corrected chi connectivity index (χ0v) is 12.6. The molecular weight excluding hydrogens is 246 g/mol. The van der Waals surface area contributed by atoms with Gasteiger partial charge in [-0.15, -0.1) is 0 Å². The van der Waals surface area contributed by atoms with Crippen LogP contribution in [-0.2, 0) is 15.6 Å². The van der Waals surface area contributed by atoms with Gasteiger partial charge in [0.2, 0.25) is 0 Å². The van der Waals surface area contributed by atoms with Crippen molar-refractivity contribution < 1.29 is 12.9 Å². The minimum Gasteiger partial charge on any atom is -0.331 e. The van der Waals surface area contributed by atoms with Crippen molar-refractivity contribution >= 4 is 9.84 Å². The summed E-state index contributed by atoms with van der Waals surface area (Å²) in [6.45, 7) is 2.88. The molecule has 102 valence electrons. The fourth-order valence-electron chi connectivity index (χ4n) is 1.77. The molecule has 0 N–H and O–H groups in total. The molecular formula is C14H24NO2S+. The van der Waals surface area contributed by atoms with E-state index in [1.807, 2.05) is 31.2 Å². The predicted molar refractivity (Wildman–Crippen MR) is 76.2 cm³/mol. The number of nitrogens with zero attached hydrogens (tertiary/aromatic N) is 1. The molecule has 0 radical (unpaired) electrons. The lowest BCUT2D eigenvalue weighted by Crippen LogP contribution is -2.36. The third-order valence-corrected chi connectivity index (χ3v) is 4.48. The Morgan fingerprint density at radius 1 is 1.06 bits per heavy atom. The second-order valence-electron chi connectivity index (χ2n) is 5.95. The number of aryl methyl sites for hydroxylation is 1. The van der Waals surface area contributed by atoms with Gasteiger partial charge in [0.15, 0.2) is 9.84 Å². The number of hydrogen-bond acceptors (Lipinski definition) is 2. The van der Waals surface area contributed by atoms with E-state index in [9.17, 15) is 8.42 Å². The van der Waals surface area contributed by atoms with Gasteiger partial charge in [-0.3, -0.25) is 0 Å². The molecule has 0 heterocycles. The summed E-state index contributed by atoms with van der Waals surface area (Å²) in [5, 5.41) is 0. The first-order valence-corrected chi connectivity index (χ1v) is 8.06. The molecule has 1 aromatic rings. The molecule has 1 aromatic carbocycles. The van der Waals surface area contributed by atoms with Gasteiger partial charge in [0.1, 0.15) is 0 Å². The first-order valence-electron chi connectivity index (χ1n) is 6.24. The normalized spacial score (nSPS) is 12.7. The van der Waals surface area contributed by atoms with Gasteiger partial charge in [-0.05, 0) is 12.5 Å². The zero-order valence-electron chi connectivity index (χ0n) is 11.8. The van der Waals surface area contributed by atoms with Gasteiger partial charge in [-0.2, -0.15) is 0 Å². The second kappa shape index (κ2) is 5.85. The van der Waals surface area contributed by atoms with Crippen molar-refractivity contribution in [2.75, 3.05) is 33.4 Å². The molecule has 4 heteroatoms. The van der Waals surface area contributed by atoms with E-state index in [-0.39, 0.29) is 11.5 Å². The molecule has 0 saturated carbocycles. The summed E-state index contributed by atoms with van der Waals surface area (Å²) in [7, 11) is 3.25. The lowest BCUT2D eigenvalue weighted by molar-refractivity contribution is -0.870. The van der Waals surface area contributed by atoms with Gasteiger partial charge >= 0.3 is 0 Å². The molecule has 3 nitrogen and oxygen atoms in total. The molecule has 0 atom stereocenters. The summed E-state index contributed by atoms with van der Waals surface area (Å²) in [5.41, 5.74) is 2.03. The van der Waals surface area contributed by atoms with Crippen molar-refractivity contribution in [1.82, 2.24) is 0 Å². The standard InChI is InChI=1S/C14H24NO2S/c1-13-6-8-14(9-7-13)12-18(16,17)11-5-10-15(2,3)4/h6-9H,5,10-12H2,1-4H3/q+1. The van der Waals surface area contributed by atoms with Crippen molar-refractivity contribution in [2.24, 2.45) is 0 Å². The van der Waals surface area contributed by atoms with Crippen LogP contribution in [0.5, 0.6) is 0 Å². The average Bonchev–Trinajstić information content (AvgIpc) is 2.18. The third kappa shape index (κ3) is 6.17. The van der Waals surface area contributed by atoms with E-state index >= 15 is 0 Å². The van der Waals surface area contributed by atoms with Crippen molar-refractivity contribution in [1.29, 1.82) is 0 Å². The van der Waals surface area contributed by atoms with E-state index in [0.717, 1.165) is 28.6 Å². The Labute approximate surface area is 111 Å². The first-order chi connectivity index (χ1) is 8.18. The minimum atomic E-state index is -2.98. The summed E-state index contributed by atoms with van der Waals surface area (Å²) in [6.07, 6.45) is 0.720. The minimum absolute atomic E-state index is 0.157. The maximum absolute atomic E-state index is 12.0. The van der Waals surface area contributed by atoms with Crippen LogP contribution in [0.15, 0.2) is 24.3 Å². The number of rotatable bonds is 6. The number of quaternary nitrogens is 1. The maximum Gasteiger partial charge on any atom is 0.154 e. The van der Waals surface area contributed by atoms with E-state index in [1.165, 1.54) is 0 Å². The topological polar surface area (TPSA) is 34.1 Å². The average molecular weight is 270 g/mol. The Balaban J connectivity index is 2.52. The number of hydrogen-bond donors (Lipinski definition) is 0. The van der Waals surface area contributed by atoms with Crippen LogP contribution in [0.4, 0.5) is 0 Å². The van der Waals surface area contributed by atoms with Crippen LogP contribution in [0.1, 0.15) is 17.5 Å². The van der Waals surface area contributed by atoms with Crippen LogP contribution in [0.25, 0.3) is 0 Å². The van der Waals surface area contributed by atoms with E-state index in [2.05, 4.69) is 21.1 Å². The third-order valence-electron chi connectivity index (χ3n) is 2.79. The van der Waals surface area contributed by atoms with E-state index < -0.39 is 9.84 Å². The molecule has 0 amide bonds. The molecule has 0 saturated heterocycles. The van der Waals surface area contributed by atoms with Gasteiger partial charge in [0.25, 0.3) is 0 Å². The van der Waals surface area contributed by atoms with Crippen LogP contribution in [0.3, 0.4) is 0 Å². The Morgan fingerprint density at radius 2 is 1.61 bits per heavy atom. The quantitative estimate of drug-likeness (QED) is 0.741. The molecule has 1 rings (SSSR count). The molecule has 0 aromatic heterocycles. The zero-order chi connectivity index (χ0) is 13.8. The van der Waals surface area contributed by atoms with Crippen molar-refractivity contribution in [3.63, 3.8) is 0 Å². The second-order valence-corrected chi connectivity index (χ2v) is 8.13. The molecule has 0 unspecified atom stereocenters. The van der Waals surface area contributed by atoms with E-state index in [1.54, 1.807) is 0 Å². The summed E-state index contributed by atoms with van der Waals surface area (Å²) in [6, 6.07) is 7.70. The van der Waals surface area contributed by atoms with Gasteiger partial charge in [-0.25, -0.2) is 8.42 Å². The Hall–Kier alpha value is -0.870. The molecule has 0 spiro atoms. The predicted octanol–water partition coefficient (Wildman–Crippen LogP) is 2.01. The van der Waals surface area contributed by atoms with E-state index in [0.29, 0.717) is 0 Å². The lowest BCUT2D eigenvalue weighted by atomic mass is 10.2. The maximum atomic E-state index is 12.0. The van der Waals surface area contributed by atoms with Gasteiger partial charge < -0.3 is 4.48 Å². The molecule has 0 aliphatic carbocycles. The fraction of sp³-hybridized carbons (Fsp3) is 0.571. The molecule has 18 heavy (non-hydrogen) atoms. The van der Waals surface area contributed by atoms with Crippen LogP contribution in [0, 0.1) is 6.92 Å². The lowest BCUT2D eigenvalue weighted by Gasteiger charge is -2.23. The molecule has 0 fully saturated rings. The Kier molecular flexibility index (Phi) is 4.93. The summed E-state index contributed by atoms with van der Waals surface area (Å²) < 4.78 is 24.7. The van der Waals surface area contributed by atoms with Crippen molar-refractivity contribution in [3.8, 4) is 0 Å². The highest BCUT2D eigenvalue weighted by Crippen LogP contribution is 2.09. The van der Waals surface area contributed by atoms with Gasteiger partial charge in [0, 0.05) is 6.42 Å². The van der Waals surface area contributed by atoms with Gasteiger partial charge in [-0.1, -0.05) is 29.8 Å². The highest BCUT2D eigenvalue weighted by molar-refractivity contribution is 7.90. The van der Waals surface area contributed by atoms with Crippen molar-refractivity contribution in [2.45, 2.75) is 19.1 Å². The van der Waals surface area contributed by atoms with Crippen LogP contribution in [0.2, 0.25) is 0 Å². The van der Waals surface area contributed by atoms with Crippen LogP contribution >= 0.6 is 0 Å². The largest absolute Gasteiger partial charge is 0.331 e. The van der Waals surface area contributed by atoms with Gasteiger partial charge in [0.05, 0.1) is 39.2 Å². The monoisotopic (exact) mass is 270 g/mol. The SMILES string of the molecule is Cc1ccc(CS(=O)(=O)CCC[N+](C)(C)C)cc1. The highest BCUT2D eigenvalue weighted by atomic mass is 32.2. The number of sulfone groups is 1. The fourth-order valence-corrected chi connectivity index (χ4v) is 3.18. The number of benzene rings is 1. The summed E-state index contributed by atoms with van der Waals surface area (Å²) in [4.78, 5) is 0.